The molecule has 1 atom stereocenters. The highest BCUT2D eigenvalue weighted by Gasteiger charge is 2.24. The average molecular weight is 258 g/mol. The number of aryl methyl sites for hydroxylation is 1. The van der Waals surface area contributed by atoms with Crippen LogP contribution in [0.15, 0.2) is 18.2 Å². The Labute approximate surface area is 112 Å². The number of aromatic amines is 1. The molecule has 1 saturated heterocycles. The highest BCUT2D eigenvalue weighted by atomic mass is 16.2. The van der Waals surface area contributed by atoms with Crippen LogP contribution in [0.2, 0.25) is 0 Å². The second-order valence-electron chi connectivity index (χ2n) is 5.16. The number of aromatic nitrogens is 2. The second-order valence-corrected chi connectivity index (χ2v) is 5.16. The summed E-state index contributed by atoms with van der Waals surface area (Å²) >= 11 is 0. The van der Waals surface area contributed by atoms with Gasteiger partial charge >= 0.3 is 0 Å². The van der Waals surface area contributed by atoms with E-state index in [1.807, 2.05) is 30.0 Å². The number of nitrogens with one attached hydrogen (secondary N) is 2. The Morgan fingerprint density at radius 2 is 2.32 bits per heavy atom. The van der Waals surface area contributed by atoms with Gasteiger partial charge in [0.1, 0.15) is 0 Å². The number of amides is 1. The molecule has 0 bridgehead atoms. The number of hydrogen-bond acceptors (Lipinski definition) is 3. The number of nitrogens with zero attached hydrogens (tertiary/aromatic N) is 2. The molecule has 1 aliphatic heterocycles. The van der Waals surface area contributed by atoms with Crippen molar-refractivity contribution >= 4 is 16.9 Å². The topological polar surface area (TPSA) is 61.0 Å². The molecule has 1 aliphatic rings. The van der Waals surface area contributed by atoms with Crippen molar-refractivity contribution in [3.05, 3.63) is 29.6 Å². The van der Waals surface area contributed by atoms with Crippen LogP contribution in [-0.4, -0.2) is 46.5 Å². The van der Waals surface area contributed by atoms with Gasteiger partial charge in [0, 0.05) is 25.7 Å². The molecule has 5 heteroatoms. The van der Waals surface area contributed by atoms with Crippen molar-refractivity contribution in [1.29, 1.82) is 0 Å². The highest BCUT2D eigenvalue weighted by Crippen LogP contribution is 2.16. The molecule has 0 radical (unpaired) electrons. The summed E-state index contributed by atoms with van der Waals surface area (Å²) in [5.74, 6) is 0.433. The minimum Gasteiger partial charge on any atom is -0.334 e. The van der Waals surface area contributed by atoms with Crippen molar-refractivity contribution in [2.24, 2.45) is 0 Å². The van der Waals surface area contributed by atoms with Crippen LogP contribution >= 0.6 is 0 Å². The minimum absolute atomic E-state index is 0.0102. The molecule has 3 rings (SSSR count). The largest absolute Gasteiger partial charge is 0.334 e. The van der Waals surface area contributed by atoms with E-state index in [2.05, 4.69) is 22.2 Å². The van der Waals surface area contributed by atoms with E-state index >= 15 is 0 Å². The molecule has 0 aliphatic carbocycles. The molecule has 1 aromatic carbocycles. The van der Waals surface area contributed by atoms with Crippen LogP contribution in [0.5, 0.6) is 0 Å². The van der Waals surface area contributed by atoms with Gasteiger partial charge in [0.2, 0.25) is 0 Å². The molecule has 5 nitrogen and oxygen atoms in total. The van der Waals surface area contributed by atoms with Crippen LogP contribution in [-0.2, 0) is 0 Å². The van der Waals surface area contributed by atoms with Gasteiger partial charge in [0.15, 0.2) is 5.82 Å². The van der Waals surface area contributed by atoms with Crippen LogP contribution < -0.4 is 5.32 Å². The molecule has 0 spiro atoms. The van der Waals surface area contributed by atoms with Crippen LogP contribution in [0.4, 0.5) is 0 Å². The van der Waals surface area contributed by atoms with E-state index < -0.39 is 0 Å². The van der Waals surface area contributed by atoms with E-state index in [0.29, 0.717) is 11.9 Å². The van der Waals surface area contributed by atoms with E-state index in [1.54, 1.807) is 0 Å². The molecule has 2 N–H and O–H groups in total. The molecule has 100 valence electrons. The molecule has 0 saturated carbocycles. The second kappa shape index (κ2) is 4.66. The van der Waals surface area contributed by atoms with Crippen molar-refractivity contribution in [1.82, 2.24) is 20.2 Å². The third kappa shape index (κ3) is 2.21. The van der Waals surface area contributed by atoms with E-state index in [1.165, 1.54) is 0 Å². The van der Waals surface area contributed by atoms with Crippen molar-refractivity contribution in [3.63, 3.8) is 0 Å². The van der Waals surface area contributed by atoms with Gasteiger partial charge in [-0.15, -0.1) is 0 Å². The molecule has 1 unspecified atom stereocenters. The molecule has 2 heterocycles. The maximum atomic E-state index is 12.4. The highest BCUT2D eigenvalue weighted by molar-refractivity contribution is 5.94. The summed E-state index contributed by atoms with van der Waals surface area (Å²) in [6.45, 7) is 6.40. The van der Waals surface area contributed by atoms with E-state index in [9.17, 15) is 4.79 Å². The van der Waals surface area contributed by atoms with Crippen molar-refractivity contribution in [2.75, 3.05) is 19.6 Å². The number of rotatable bonds is 1. The molecule has 19 heavy (non-hydrogen) atoms. The Morgan fingerprint density at radius 1 is 1.47 bits per heavy atom. The lowest BCUT2D eigenvalue weighted by Gasteiger charge is -2.31. The number of carbonyl (C=O) groups is 1. The lowest BCUT2D eigenvalue weighted by atomic mass is 10.2. The van der Waals surface area contributed by atoms with Gasteiger partial charge in [0.05, 0.1) is 11.0 Å². The first-order valence-electron chi connectivity index (χ1n) is 6.63. The number of imidazole rings is 1. The van der Waals surface area contributed by atoms with Crippen LogP contribution in [0.1, 0.15) is 23.1 Å². The first-order valence-corrected chi connectivity index (χ1v) is 6.63. The van der Waals surface area contributed by atoms with Crippen molar-refractivity contribution < 1.29 is 4.79 Å². The standard InChI is InChI=1S/C14H18N4O/c1-9-4-3-5-11-12(9)17-13(16-11)14(19)18-7-6-15-10(2)8-18/h3-5,10,15H,6-8H2,1-2H3,(H,16,17). The molecular formula is C14H18N4O. The number of benzene rings is 1. The zero-order valence-electron chi connectivity index (χ0n) is 11.2. The Balaban J connectivity index is 1.91. The van der Waals surface area contributed by atoms with E-state index in [4.69, 9.17) is 0 Å². The zero-order valence-corrected chi connectivity index (χ0v) is 11.2. The number of H-pyrrole nitrogens is 1. The summed E-state index contributed by atoms with van der Waals surface area (Å²) in [6, 6.07) is 6.26. The van der Waals surface area contributed by atoms with Crippen LogP contribution in [0, 0.1) is 6.92 Å². The summed E-state index contributed by atoms with van der Waals surface area (Å²) in [6.07, 6.45) is 0. The quantitative estimate of drug-likeness (QED) is 0.810. The van der Waals surface area contributed by atoms with Crippen LogP contribution in [0.25, 0.3) is 11.0 Å². The summed E-state index contributed by atoms with van der Waals surface area (Å²) in [5, 5.41) is 3.33. The number of carbonyl (C=O) groups excluding carboxylic acids is 1. The lowest BCUT2D eigenvalue weighted by molar-refractivity contribution is 0.0698. The maximum Gasteiger partial charge on any atom is 0.289 e. The van der Waals surface area contributed by atoms with Gasteiger partial charge < -0.3 is 15.2 Å². The van der Waals surface area contributed by atoms with Gasteiger partial charge in [-0.3, -0.25) is 4.79 Å². The predicted molar refractivity (Wildman–Crippen MR) is 74.2 cm³/mol. The molecular weight excluding hydrogens is 240 g/mol. The number of piperazine rings is 1. The van der Waals surface area contributed by atoms with Crippen molar-refractivity contribution in [3.8, 4) is 0 Å². The fourth-order valence-corrected chi connectivity index (χ4v) is 2.54. The predicted octanol–water partition coefficient (Wildman–Crippen LogP) is 1.31. The molecule has 1 amide bonds. The Kier molecular flexibility index (Phi) is 2.98. The third-order valence-corrected chi connectivity index (χ3v) is 3.57. The van der Waals surface area contributed by atoms with E-state index in [-0.39, 0.29) is 5.91 Å². The molecule has 1 fully saturated rings. The normalized spacial score (nSPS) is 19.9. The summed E-state index contributed by atoms with van der Waals surface area (Å²) < 4.78 is 0. The number of para-hydroxylation sites is 1. The van der Waals surface area contributed by atoms with Crippen molar-refractivity contribution in [2.45, 2.75) is 19.9 Å². The third-order valence-electron chi connectivity index (χ3n) is 3.57. The Hall–Kier alpha value is -1.88. The molecule has 1 aromatic heterocycles. The minimum atomic E-state index is -0.0102. The zero-order chi connectivity index (χ0) is 13.4. The Morgan fingerprint density at radius 3 is 3.05 bits per heavy atom. The fourth-order valence-electron chi connectivity index (χ4n) is 2.54. The Bertz CT molecular complexity index is 619. The van der Waals surface area contributed by atoms with E-state index in [0.717, 1.165) is 36.2 Å². The first kappa shape index (κ1) is 12.2. The number of fused-ring (bicyclic) bond motifs is 1. The monoisotopic (exact) mass is 258 g/mol. The van der Waals surface area contributed by atoms with Gasteiger partial charge in [-0.05, 0) is 25.5 Å². The maximum absolute atomic E-state index is 12.4. The summed E-state index contributed by atoms with van der Waals surface area (Å²) in [5.41, 5.74) is 2.89. The lowest BCUT2D eigenvalue weighted by Crippen LogP contribution is -2.51. The fraction of sp³-hybridized carbons (Fsp3) is 0.429. The van der Waals surface area contributed by atoms with Gasteiger partial charge in [-0.25, -0.2) is 4.98 Å². The average Bonchev–Trinajstić information content (AvgIpc) is 2.83. The number of hydrogen-bond donors (Lipinski definition) is 2. The summed E-state index contributed by atoms with van der Waals surface area (Å²) in [7, 11) is 0. The van der Waals surface area contributed by atoms with Gasteiger partial charge in [-0.1, -0.05) is 12.1 Å². The van der Waals surface area contributed by atoms with Gasteiger partial charge in [0.25, 0.3) is 5.91 Å². The summed E-state index contributed by atoms with van der Waals surface area (Å²) in [4.78, 5) is 21.9. The van der Waals surface area contributed by atoms with Gasteiger partial charge in [-0.2, -0.15) is 0 Å². The molecule has 2 aromatic rings. The van der Waals surface area contributed by atoms with Crippen LogP contribution in [0.3, 0.4) is 0 Å². The smallest absolute Gasteiger partial charge is 0.289 e. The first-order chi connectivity index (χ1) is 9.15. The SMILES string of the molecule is Cc1cccc2[nH]c(C(=O)N3CCNC(C)C3)nc12.